The largest absolute Gasteiger partial charge is 0.349 e. The summed E-state index contributed by atoms with van der Waals surface area (Å²) in [6.45, 7) is 3.97. The molecule has 0 saturated carbocycles. The molecule has 1 amide bonds. The van der Waals surface area contributed by atoms with E-state index in [1.165, 1.54) is 27.4 Å². The van der Waals surface area contributed by atoms with Crippen molar-refractivity contribution in [3.05, 3.63) is 70.7 Å². The summed E-state index contributed by atoms with van der Waals surface area (Å²) < 4.78 is 27.8. The maximum Gasteiger partial charge on any atom is 0.244 e. The van der Waals surface area contributed by atoms with Crippen molar-refractivity contribution in [3.8, 4) is 10.6 Å². The van der Waals surface area contributed by atoms with Crippen LogP contribution in [0.5, 0.6) is 0 Å². The van der Waals surface area contributed by atoms with Gasteiger partial charge in [-0.1, -0.05) is 48.0 Å². The number of carbonyl (C=O) groups is 1. The zero-order valence-corrected chi connectivity index (χ0v) is 19.7. The van der Waals surface area contributed by atoms with E-state index < -0.39 is 16.1 Å². The summed E-state index contributed by atoms with van der Waals surface area (Å²) in [7, 11) is -3.76. The maximum absolute atomic E-state index is 13.2. The SMILES string of the molecule is Cc1ccc(S(=O)(=O)N2CSCC2C(=O)NCc2csc(-c3ccccc3)n2)c(C)c1. The number of amides is 1. The van der Waals surface area contributed by atoms with Crippen molar-refractivity contribution in [3.63, 3.8) is 0 Å². The number of nitrogens with one attached hydrogen (secondary N) is 1. The van der Waals surface area contributed by atoms with Crippen molar-refractivity contribution >= 4 is 39.0 Å². The molecule has 1 atom stereocenters. The second-order valence-corrected chi connectivity index (χ2v) is 11.1. The molecule has 4 rings (SSSR count). The van der Waals surface area contributed by atoms with Crippen LogP contribution in [0.25, 0.3) is 10.6 Å². The van der Waals surface area contributed by atoms with Gasteiger partial charge in [0.25, 0.3) is 0 Å². The van der Waals surface area contributed by atoms with Crippen molar-refractivity contribution < 1.29 is 13.2 Å². The fraction of sp³-hybridized carbons (Fsp3) is 0.273. The molecule has 9 heteroatoms. The molecular weight excluding hydrogens is 450 g/mol. The predicted molar refractivity (Wildman–Crippen MR) is 125 cm³/mol. The number of sulfonamides is 1. The van der Waals surface area contributed by atoms with Gasteiger partial charge in [0.1, 0.15) is 11.0 Å². The Bertz CT molecular complexity index is 1190. The molecule has 0 radical (unpaired) electrons. The number of aryl methyl sites for hydroxylation is 2. The first-order valence-corrected chi connectivity index (χ1v) is 13.3. The Hall–Kier alpha value is -2.20. The topological polar surface area (TPSA) is 79.4 Å². The van der Waals surface area contributed by atoms with Crippen LogP contribution in [0, 0.1) is 13.8 Å². The molecule has 1 fully saturated rings. The summed E-state index contributed by atoms with van der Waals surface area (Å²) in [5.74, 6) is 0.401. The van der Waals surface area contributed by atoms with Crippen molar-refractivity contribution in [2.75, 3.05) is 11.6 Å². The average Bonchev–Trinajstić information content (AvgIpc) is 3.43. The lowest BCUT2D eigenvalue weighted by Crippen LogP contribution is -2.47. The lowest BCUT2D eigenvalue weighted by Gasteiger charge is -2.23. The van der Waals surface area contributed by atoms with E-state index in [0.29, 0.717) is 11.3 Å². The number of nitrogens with zero attached hydrogens (tertiary/aromatic N) is 2. The number of hydrogen-bond donors (Lipinski definition) is 1. The number of carbonyl (C=O) groups excluding carboxylic acids is 1. The highest BCUT2D eigenvalue weighted by Gasteiger charge is 2.40. The molecular formula is C22H23N3O3S3. The summed E-state index contributed by atoms with van der Waals surface area (Å²) in [5.41, 5.74) is 3.47. The van der Waals surface area contributed by atoms with E-state index in [4.69, 9.17) is 0 Å². The van der Waals surface area contributed by atoms with Crippen LogP contribution < -0.4 is 5.32 Å². The molecule has 1 N–H and O–H groups in total. The molecule has 1 aromatic heterocycles. The Morgan fingerprint density at radius 3 is 2.71 bits per heavy atom. The summed E-state index contributed by atoms with van der Waals surface area (Å²) in [6, 6.07) is 14.4. The van der Waals surface area contributed by atoms with Crippen LogP contribution >= 0.6 is 23.1 Å². The van der Waals surface area contributed by atoms with Crippen molar-refractivity contribution in [2.45, 2.75) is 31.3 Å². The molecule has 31 heavy (non-hydrogen) atoms. The normalized spacial score (nSPS) is 17.0. The van der Waals surface area contributed by atoms with Crippen LogP contribution in [0.4, 0.5) is 0 Å². The van der Waals surface area contributed by atoms with Crippen molar-refractivity contribution in [1.82, 2.24) is 14.6 Å². The zero-order valence-electron chi connectivity index (χ0n) is 17.2. The molecule has 6 nitrogen and oxygen atoms in total. The Balaban J connectivity index is 1.45. The highest BCUT2D eigenvalue weighted by atomic mass is 32.2. The minimum Gasteiger partial charge on any atom is -0.349 e. The fourth-order valence-electron chi connectivity index (χ4n) is 3.48. The predicted octanol–water partition coefficient (Wildman–Crippen LogP) is 3.81. The molecule has 2 aromatic carbocycles. The summed E-state index contributed by atoms with van der Waals surface area (Å²) in [5, 5.41) is 5.67. The average molecular weight is 474 g/mol. The van der Waals surface area contributed by atoms with Gasteiger partial charge in [-0.3, -0.25) is 4.79 Å². The van der Waals surface area contributed by atoms with Gasteiger partial charge >= 0.3 is 0 Å². The van der Waals surface area contributed by atoms with Gasteiger partial charge in [-0.2, -0.15) is 4.31 Å². The van der Waals surface area contributed by atoms with E-state index in [9.17, 15) is 13.2 Å². The number of hydrogen-bond acceptors (Lipinski definition) is 6. The van der Waals surface area contributed by atoms with Gasteiger partial charge in [0.15, 0.2) is 0 Å². The standard InChI is InChI=1S/C22H23N3O3S3/c1-15-8-9-20(16(2)10-15)31(27,28)25-14-29-13-19(25)21(26)23-11-18-12-30-22(24-18)17-6-4-3-5-7-17/h3-10,12,19H,11,13-14H2,1-2H3,(H,23,26). The van der Waals surface area contributed by atoms with Crippen molar-refractivity contribution in [2.24, 2.45) is 0 Å². The Kier molecular flexibility index (Phi) is 6.47. The number of thioether (sulfide) groups is 1. The number of benzene rings is 2. The number of thiazole rings is 1. The molecule has 0 bridgehead atoms. The molecule has 2 heterocycles. The number of rotatable bonds is 6. The van der Waals surface area contributed by atoms with E-state index in [1.807, 2.05) is 48.7 Å². The molecule has 0 spiro atoms. The maximum atomic E-state index is 13.2. The molecule has 1 unspecified atom stereocenters. The van der Waals surface area contributed by atoms with Gasteiger partial charge in [0.05, 0.1) is 23.0 Å². The van der Waals surface area contributed by atoms with Crippen LogP contribution in [0.1, 0.15) is 16.8 Å². The second-order valence-electron chi connectivity index (χ2n) is 7.40. The minimum atomic E-state index is -3.76. The second kappa shape index (κ2) is 9.12. The van der Waals surface area contributed by atoms with Crippen molar-refractivity contribution in [1.29, 1.82) is 0 Å². The molecule has 1 aliphatic rings. The third-order valence-corrected chi connectivity index (χ3v) is 9.21. The van der Waals surface area contributed by atoms with Crippen LogP contribution in [-0.4, -0.2) is 41.3 Å². The quantitative estimate of drug-likeness (QED) is 0.589. The lowest BCUT2D eigenvalue weighted by molar-refractivity contribution is -0.124. The van der Waals surface area contributed by atoms with Gasteiger partial charge in [-0.05, 0) is 25.5 Å². The highest BCUT2D eigenvalue weighted by Crippen LogP contribution is 2.30. The number of aromatic nitrogens is 1. The van der Waals surface area contributed by atoms with Gasteiger partial charge in [0, 0.05) is 16.7 Å². The molecule has 1 saturated heterocycles. The molecule has 162 valence electrons. The summed E-state index contributed by atoms with van der Waals surface area (Å²) in [6.07, 6.45) is 0. The van der Waals surface area contributed by atoms with E-state index in [-0.39, 0.29) is 23.2 Å². The zero-order chi connectivity index (χ0) is 22.0. The van der Waals surface area contributed by atoms with Gasteiger partial charge < -0.3 is 5.32 Å². The Morgan fingerprint density at radius 1 is 1.19 bits per heavy atom. The van der Waals surface area contributed by atoms with E-state index in [0.717, 1.165) is 21.8 Å². The Labute approximate surface area is 190 Å². The first-order valence-electron chi connectivity index (χ1n) is 9.80. The first kappa shape index (κ1) is 22.0. The third kappa shape index (κ3) is 4.69. The van der Waals surface area contributed by atoms with Gasteiger partial charge in [-0.25, -0.2) is 13.4 Å². The van der Waals surface area contributed by atoms with Gasteiger partial charge in [0.2, 0.25) is 15.9 Å². The Morgan fingerprint density at radius 2 is 1.97 bits per heavy atom. The van der Waals surface area contributed by atoms with Crippen LogP contribution in [0.3, 0.4) is 0 Å². The lowest BCUT2D eigenvalue weighted by atomic mass is 10.2. The van der Waals surface area contributed by atoms with E-state index in [1.54, 1.807) is 19.1 Å². The van der Waals surface area contributed by atoms with E-state index >= 15 is 0 Å². The van der Waals surface area contributed by atoms with E-state index in [2.05, 4.69) is 10.3 Å². The van der Waals surface area contributed by atoms with Crippen LogP contribution in [-0.2, 0) is 21.4 Å². The summed E-state index contributed by atoms with van der Waals surface area (Å²) >= 11 is 2.96. The summed E-state index contributed by atoms with van der Waals surface area (Å²) in [4.78, 5) is 17.7. The molecule has 3 aromatic rings. The molecule has 0 aliphatic carbocycles. The minimum absolute atomic E-state index is 0.255. The smallest absolute Gasteiger partial charge is 0.244 e. The fourth-order valence-corrected chi connectivity index (χ4v) is 7.67. The van der Waals surface area contributed by atoms with Gasteiger partial charge in [-0.15, -0.1) is 23.1 Å². The highest BCUT2D eigenvalue weighted by molar-refractivity contribution is 8.00. The monoisotopic (exact) mass is 473 g/mol. The van der Waals surface area contributed by atoms with Crippen LogP contribution in [0.2, 0.25) is 0 Å². The first-order chi connectivity index (χ1) is 14.9. The third-order valence-electron chi connectivity index (χ3n) is 5.08. The van der Waals surface area contributed by atoms with Crippen LogP contribution in [0.15, 0.2) is 58.8 Å². The molecule has 1 aliphatic heterocycles.